The Morgan fingerprint density at radius 3 is 2.57 bits per heavy atom. The number of carbonyl (C=O) groups is 1. The monoisotopic (exact) mass is 351 g/mol. The summed E-state index contributed by atoms with van der Waals surface area (Å²) in [5.41, 5.74) is 1.82. The maximum Gasteiger partial charge on any atom is 0.262 e. The molecule has 1 atom stereocenters. The lowest BCUT2D eigenvalue weighted by molar-refractivity contribution is -0.117. The highest BCUT2D eigenvalue weighted by molar-refractivity contribution is 7.89. The van der Waals surface area contributed by atoms with E-state index in [4.69, 9.17) is 11.6 Å². The molecule has 0 fully saturated rings. The molecule has 0 saturated carbocycles. The number of hydrogen-bond donors (Lipinski definition) is 3. The fourth-order valence-corrected chi connectivity index (χ4v) is 3.65. The van der Waals surface area contributed by atoms with Crippen molar-refractivity contribution >= 4 is 38.9 Å². The summed E-state index contributed by atoms with van der Waals surface area (Å²) in [6.07, 6.45) is -1.09. The van der Waals surface area contributed by atoms with E-state index in [1.807, 2.05) is 6.92 Å². The molecular weight excluding hydrogens is 338 g/mol. The standard InChI is InChI=1S/C15H14ClN3O3S/c1-9-2-7-13-12(8-9)18-14(19-23(13,21)22)15(20)17-11-5-3-10(16)4-6-11/h2-8,14,18-19H,1H3,(H,17,20)/t14-/m1/s1. The fourth-order valence-electron chi connectivity index (χ4n) is 2.26. The summed E-state index contributed by atoms with van der Waals surface area (Å²) >= 11 is 5.79. The van der Waals surface area contributed by atoms with Crippen molar-refractivity contribution in [3.05, 3.63) is 53.1 Å². The van der Waals surface area contributed by atoms with Gasteiger partial charge in [-0.2, -0.15) is 4.72 Å². The zero-order valence-electron chi connectivity index (χ0n) is 12.1. The molecule has 2 aromatic rings. The number of rotatable bonds is 2. The van der Waals surface area contributed by atoms with Gasteiger partial charge in [0.05, 0.1) is 5.69 Å². The molecule has 0 saturated heterocycles. The third-order valence-electron chi connectivity index (χ3n) is 3.37. The predicted octanol–water partition coefficient (Wildman–Crippen LogP) is 2.32. The largest absolute Gasteiger partial charge is 0.360 e. The highest BCUT2D eigenvalue weighted by Crippen LogP contribution is 2.27. The van der Waals surface area contributed by atoms with Crippen LogP contribution in [0.15, 0.2) is 47.4 Å². The highest BCUT2D eigenvalue weighted by Gasteiger charge is 2.33. The number of halogens is 1. The van der Waals surface area contributed by atoms with Crippen molar-refractivity contribution in [3.8, 4) is 0 Å². The molecule has 1 amide bonds. The number of hydrogen-bond acceptors (Lipinski definition) is 4. The van der Waals surface area contributed by atoms with Crippen molar-refractivity contribution in [2.45, 2.75) is 18.0 Å². The van der Waals surface area contributed by atoms with E-state index in [1.165, 1.54) is 6.07 Å². The molecule has 120 valence electrons. The lowest BCUT2D eigenvalue weighted by Gasteiger charge is -2.27. The number of sulfonamides is 1. The zero-order chi connectivity index (χ0) is 16.6. The quantitative estimate of drug-likeness (QED) is 0.774. The molecule has 0 aromatic heterocycles. The summed E-state index contributed by atoms with van der Waals surface area (Å²) in [7, 11) is -3.75. The molecule has 0 spiro atoms. The zero-order valence-corrected chi connectivity index (χ0v) is 13.7. The minimum Gasteiger partial charge on any atom is -0.360 e. The number of anilines is 2. The van der Waals surface area contributed by atoms with Gasteiger partial charge < -0.3 is 10.6 Å². The van der Waals surface area contributed by atoms with E-state index in [9.17, 15) is 13.2 Å². The van der Waals surface area contributed by atoms with Crippen LogP contribution >= 0.6 is 11.6 Å². The molecule has 0 radical (unpaired) electrons. The molecule has 23 heavy (non-hydrogen) atoms. The van der Waals surface area contributed by atoms with Gasteiger partial charge in [-0.1, -0.05) is 17.7 Å². The van der Waals surface area contributed by atoms with Crippen LogP contribution in [0.5, 0.6) is 0 Å². The Labute approximate surface area is 138 Å². The minimum absolute atomic E-state index is 0.124. The summed E-state index contributed by atoms with van der Waals surface area (Å²) in [4.78, 5) is 12.4. The molecule has 1 aliphatic rings. The van der Waals surface area contributed by atoms with E-state index in [-0.39, 0.29) is 4.90 Å². The van der Waals surface area contributed by atoms with E-state index in [2.05, 4.69) is 15.4 Å². The SMILES string of the molecule is Cc1ccc2c(c1)N[C@@H](C(=O)Nc1ccc(Cl)cc1)NS2(=O)=O. The van der Waals surface area contributed by atoms with Crippen LogP contribution in [0.4, 0.5) is 11.4 Å². The van der Waals surface area contributed by atoms with E-state index >= 15 is 0 Å². The average Bonchev–Trinajstić information content (AvgIpc) is 2.48. The lowest BCUT2D eigenvalue weighted by Crippen LogP contribution is -2.51. The average molecular weight is 352 g/mol. The van der Waals surface area contributed by atoms with Gasteiger partial charge in [-0.05, 0) is 48.9 Å². The molecule has 2 aromatic carbocycles. The van der Waals surface area contributed by atoms with Gasteiger partial charge >= 0.3 is 0 Å². The molecular formula is C15H14ClN3O3S. The Bertz CT molecular complexity index is 866. The van der Waals surface area contributed by atoms with Crippen LogP contribution in [0.1, 0.15) is 5.56 Å². The van der Waals surface area contributed by atoms with Crippen molar-refractivity contribution < 1.29 is 13.2 Å². The molecule has 0 aliphatic carbocycles. The van der Waals surface area contributed by atoms with Crippen LogP contribution < -0.4 is 15.4 Å². The third kappa shape index (κ3) is 3.31. The number of nitrogens with one attached hydrogen (secondary N) is 3. The Morgan fingerprint density at radius 1 is 1.17 bits per heavy atom. The molecule has 0 bridgehead atoms. The topological polar surface area (TPSA) is 87.3 Å². The number of carbonyl (C=O) groups excluding carboxylic acids is 1. The van der Waals surface area contributed by atoms with Gasteiger partial charge in [-0.15, -0.1) is 0 Å². The van der Waals surface area contributed by atoms with E-state index in [0.29, 0.717) is 16.4 Å². The maximum atomic E-state index is 12.3. The van der Waals surface area contributed by atoms with E-state index in [1.54, 1.807) is 36.4 Å². The minimum atomic E-state index is -3.75. The van der Waals surface area contributed by atoms with Gasteiger partial charge in [0.1, 0.15) is 4.90 Å². The molecule has 1 heterocycles. The van der Waals surface area contributed by atoms with E-state index < -0.39 is 22.1 Å². The first-order valence-corrected chi connectivity index (χ1v) is 8.67. The Kier molecular flexibility index (Phi) is 4.01. The number of benzene rings is 2. The van der Waals surface area contributed by atoms with Crippen LogP contribution in [-0.2, 0) is 14.8 Å². The first kappa shape index (κ1) is 15.8. The van der Waals surface area contributed by atoms with Crippen LogP contribution in [0, 0.1) is 6.92 Å². The van der Waals surface area contributed by atoms with Gasteiger partial charge in [0, 0.05) is 10.7 Å². The Hall–Kier alpha value is -2.09. The number of amides is 1. The molecule has 6 nitrogen and oxygen atoms in total. The van der Waals surface area contributed by atoms with Crippen molar-refractivity contribution in [1.29, 1.82) is 0 Å². The smallest absolute Gasteiger partial charge is 0.262 e. The van der Waals surface area contributed by atoms with Crippen LogP contribution in [0.2, 0.25) is 5.02 Å². The Balaban J connectivity index is 1.84. The van der Waals surface area contributed by atoms with Crippen molar-refractivity contribution in [2.24, 2.45) is 0 Å². The van der Waals surface area contributed by atoms with Crippen LogP contribution in [0.3, 0.4) is 0 Å². The summed E-state index contributed by atoms with van der Waals surface area (Å²) in [6, 6.07) is 11.4. The summed E-state index contributed by atoms with van der Waals surface area (Å²) in [6.45, 7) is 1.85. The normalized spacial score (nSPS) is 18.6. The summed E-state index contributed by atoms with van der Waals surface area (Å²) in [5, 5.41) is 6.08. The van der Waals surface area contributed by atoms with Crippen LogP contribution in [0.25, 0.3) is 0 Å². The molecule has 3 N–H and O–H groups in total. The highest BCUT2D eigenvalue weighted by atomic mass is 35.5. The van der Waals surface area contributed by atoms with Gasteiger partial charge in [-0.3, -0.25) is 4.79 Å². The van der Waals surface area contributed by atoms with Crippen molar-refractivity contribution in [2.75, 3.05) is 10.6 Å². The van der Waals surface area contributed by atoms with E-state index in [0.717, 1.165) is 5.56 Å². The third-order valence-corrected chi connectivity index (χ3v) is 5.10. The second-order valence-electron chi connectivity index (χ2n) is 5.19. The number of fused-ring (bicyclic) bond motifs is 1. The molecule has 8 heteroatoms. The molecule has 0 unspecified atom stereocenters. The molecule has 1 aliphatic heterocycles. The summed E-state index contributed by atoms with van der Waals surface area (Å²) < 4.78 is 26.8. The van der Waals surface area contributed by atoms with Gasteiger partial charge in [0.15, 0.2) is 6.17 Å². The van der Waals surface area contributed by atoms with Gasteiger partial charge in [0.25, 0.3) is 5.91 Å². The van der Waals surface area contributed by atoms with Gasteiger partial charge in [-0.25, -0.2) is 8.42 Å². The lowest BCUT2D eigenvalue weighted by atomic mass is 10.2. The second-order valence-corrected chi connectivity index (χ2v) is 7.31. The molecule has 3 rings (SSSR count). The Morgan fingerprint density at radius 2 is 1.87 bits per heavy atom. The summed E-state index contributed by atoms with van der Waals surface area (Å²) in [5.74, 6) is -0.511. The number of aryl methyl sites for hydroxylation is 1. The second kappa shape index (κ2) is 5.84. The predicted molar refractivity (Wildman–Crippen MR) is 89.0 cm³/mol. The first-order valence-electron chi connectivity index (χ1n) is 6.81. The van der Waals surface area contributed by atoms with Crippen LogP contribution in [-0.4, -0.2) is 20.5 Å². The maximum absolute atomic E-state index is 12.3. The first-order chi connectivity index (χ1) is 10.8. The van der Waals surface area contributed by atoms with Gasteiger partial charge in [0.2, 0.25) is 10.0 Å². The van der Waals surface area contributed by atoms with Crippen molar-refractivity contribution in [3.63, 3.8) is 0 Å². The fraction of sp³-hybridized carbons (Fsp3) is 0.133. The van der Waals surface area contributed by atoms with Crippen molar-refractivity contribution in [1.82, 2.24) is 4.72 Å².